The first-order chi connectivity index (χ1) is 15.2. The van der Waals surface area contributed by atoms with E-state index >= 15 is 0 Å². The van der Waals surface area contributed by atoms with Crippen molar-refractivity contribution < 1.29 is 0 Å². The van der Waals surface area contributed by atoms with Gasteiger partial charge in [-0.1, -0.05) is 0 Å². The van der Waals surface area contributed by atoms with Gasteiger partial charge in [0.25, 0.3) is 11.1 Å². The van der Waals surface area contributed by atoms with Crippen molar-refractivity contribution in [3.8, 4) is 0 Å². The van der Waals surface area contributed by atoms with Crippen LogP contribution in [0.4, 0.5) is 0 Å². The topological polar surface area (TPSA) is 94.5 Å². The van der Waals surface area contributed by atoms with Crippen LogP contribution in [0.2, 0.25) is 0 Å². The molecule has 0 amide bonds. The molecule has 0 fully saturated rings. The van der Waals surface area contributed by atoms with Gasteiger partial charge in [-0.25, -0.2) is 28.7 Å². The van der Waals surface area contributed by atoms with E-state index in [-0.39, 0.29) is 11.1 Å². The van der Waals surface area contributed by atoms with E-state index in [0.29, 0.717) is 43.7 Å². The van der Waals surface area contributed by atoms with Gasteiger partial charge >= 0.3 is 0 Å². The Balaban J connectivity index is 1.75. The van der Waals surface area contributed by atoms with Crippen LogP contribution >= 0.6 is 11.3 Å². The van der Waals surface area contributed by atoms with E-state index in [1.165, 1.54) is 11.3 Å². The number of hydrogen-bond donors (Lipinski definition) is 0. The van der Waals surface area contributed by atoms with E-state index in [2.05, 4.69) is 19.9 Å². The summed E-state index contributed by atoms with van der Waals surface area (Å²) in [5.41, 5.74) is 3.06. The lowest BCUT2D eigenvalue weighted by atomic mass is 10.0. The van der Waals surface area contributed by atoms with Crippen molar-refractivity contribution in [3.63, 3.8) is 0 Å². The van der Waals surface area contributed by atoms with Crippen LogP contribution in [-0.4, -0.2) is 28.7 Å². The third kappa shape index (κ3) is 1.62. The van der Waals surface area contributed by atoms with E-state index in [1.807, 2.05) is 24.3 Å². The van der Waals surface area contributed by atoms with E-state index in [4.69, 9.17) is 0 Å². The van der Waals surface area contributed by atoms with Gasteiger partial charge < -0.3 is 0 Å². The molecular weight excluding hydrogens is 412 g/mol. The van der Waals surface area contributed by atoms with Gasteiger partial charge in [0.2, 0.25) is 0 Å². The van der Waals surface area contributed by atoms with Crippen molar-refractivity contribution in [1.29, 1.82) is 0 Å². The number of fused-ring (bicyclic) bond motifs is 8. The summed E-state index contributed by atoms with van der Waals surface area (Å²) < 4.78 is 4.48. The van der Waals surface area contributed by atoms with Crippen molar-refractivity contribution in [2.24, 2.45) is 0 Å². The quantitative estimate of drug-likeness (QED) is 0.350. The molecule has 8 rings (SSSR count). The molecule has 1 aromatic carbocycles. The van der Waals surface area contributed by atoms with E-state index in [0.717, 1.165) is 20.9 Å². The molecule has 31 heavy (non-hydrogen) atoms. The summed E-state index contributed by atoms with van der Waals surface area (Å²) >= 11 is 1.36. The molecule has 0 spiro atoms. The number of thiophene rings is 1. The Bertz CT molecular complexity index is 2160. The van der Waals surface area contributed by atoms with Crippen LogP contribution in [0.3, 0.4) is 0 Å². The summed E-state index contributed by atoms with van der Waals surface area (Å²) in [6.07, 6.45) is 3.30. The first kappa shape index (κ1) is 15.6. The molecule has 0 radical (unpaired) electrons. The number of benzene rings is 1. The van der Waals surface area contributed by atoms with Gasteiger partial charge in [-0.15, -0.1) is 11.3 Å². The Labute approximate surface area is 174 Å². The zero-order chi connectivity index (χ0) is 20.4. The lowest BCUT2D eigenvalue weighted by Crippen LogP contribution is -2.14. The predicted molar refractivity (Wildman–Crippen MR) is 120 cm³/mol. The average Bonchev–Trinajstić information content (AvgIpc) is 3.48. The second-order valence-electron chi connectivity index (χ2n) is 7.52. The molecule has 0 unspecified atom stereocenters. The van der Waals surface area contributed by atoms with Gasteiger partial charge in [-0.3, -0.25) is 9.59 Å². The Morgan fingerprint density at radius 3 is 2.00 bits per heavy atom. The Morgan fingerprint density at radius 2 is 1.26 bits per heavy atom. The predicted octanol–water partition coefficient (Wildman–Crippen LogP) is 3.20. The van der Waals surface area contributed by atoms with Gasteiger partial charge in [0.1, 0.15) is 21.4 Å². The maximum atomic E-state index is 13.6. The molecule has 8 nitrogen and oxygen atoms in total. The molecule has 0 aliphatic heterocycles. The van der Waals surface area contributed by atoms with Gasteiger partial charge in [0.05, 0.1) is 4.70 Å². The molecule has 8 aromatic rings. The number of aromatic nitrogens is 6. The van der Waals surface area contributed by atoms with Crippen molar-refractivity contribution in [2.75, 3.05) is 0 Å². The minimum absolute atomic E-state index is 0.183. The summed E-state index contributed by atoms with van der Waals surface area (Å²) in [5, 5.41) is 2.91. The van der Waals surface area contributed by atoms with Gasteiger partial charge in [-0.05, 0) is 36.4 Å². The SMILES string of the molecule is O=c1c2sc3c4c(ccc(c24)c2nc4cccnc4n12)c(=O)n1c2ncccc2nc31. The van der Waals surface area contributed by atoms with Crippen LogP contribution in [0.1, 0.15) is 0 Å². The number of hydrogen-bond acceptors (Lipinski definition) is 7. The first-order valence-corrected chi connectivity index (χ1v) is 10.4. The molecule has 7 aromatic heterocycles. The molecule has 0 saturated carbocycles. The Kier molecular flexibility index (Phi) is 2.46. The molecule has 0 atom stereocenters. The molecule has 0 N–H and O–H groups in total. The fraction of sp³-hybridized carbons (Fsp3) is 0. The zero-order valence-electron chi connectivity index (χ0n) is 15.5. The molecule has 144 valence electrons. The summed E-state index contributed by atoms with van der Waals surface area (Å²) in [6.45, 7) is 0. The van der Waals surface area contributed by atoms with Gasteiger partial charge in [-0.2, -0.15) is 0 Å². The third-order valence-corrected chi connectivity index (χ3v) is 7.14. The number of rotatable bonds is 0. The van der Waals surface area contributed by atoms with Crippen LogP contribution in [0, 0.1) is 0 Å². The van der Waals surface area contributed by atoms with Gasteiger partial charge in [0.15, 0.2) is 16.9 Å². The number of nitrogens with zero attached hydrogens (tertiary/aromatic N) is 6. The fourth-order valence-corrected chi connectivity index (χ4v) is 5.95. The van der Waals surface area contributed by atoms with E-state index < -0.39 is 0 Å². The highest BCUT2D eigenvalue weighted by Crippen LogP contribution is 2.41. The van der Waals surface area contributed by atoms with Crippen LogP contribution < -0.4 is 11.1 Å². The minimum Gasteiger partial charge on any atom is -0.268 e. The summed E-state index contributed by atoms with van der Waals surface area (Å²) in [7, 11) is 0. The molecule has 9 heteroatoms. The van der Waals surface area contributed by atoms with E-state index in [9.17, 15) is 9.59 Å². The molecule has 7 heterocycles. The molecule has 0 saturated heterocycles. The maximum Gasteiger partial charge on any atom is 0.276 e. The highest BCUT2D eigenvalue weighted by Gasteiger charge is 2.25. The van der Waals surface area contributed by atoms with Crippen LogP contribution in [-0.2, 0) is 0 Å². The average molecular weight is 420 g/mol. The van der Waals surface area contributed by atoms with Crippen molar-refractivity contribution in [1.82, 2.24) is 28.7 Å². The lowest BCUT2D eigenvalue weighted by molar-refractivity contribution is 1.15. The second-order valence-corrected chi connectivity index (χ2v) is 8.54. The zero-order valence-corrected chi connectivity index (χ0v) is 16.3. The number of pyridine rings is 4. The van der Waals surface area contributed by atoms with Crippen LogP contribution in [0.5, 0.6) is 0 Å². The Morgan fingerprint density at radius 1 is 0.645 bits per heavy atom. The summed E-state index contributed by atoms with van der Waals surface area (Å²) in [4.78, 5) is 45.1. The first-order valence-electron chi connectivity index (χ1n) is 9.59. The standard InChI is InChI=1S/C22H8N6O2S/c29-21-10-6-5-9-13-14(10)15(20-26-12-4-2-8-24-19(12)28(20)21)31-16(13)22(30)27-17(9)25-11-3-1-7-23-18(11)27/h1-8H. The maximum absolute atomic E-state index is 13.6. The minimum atomic E-state index is -0.187. The Hall–Kier alpha value is -4.24. The largest absolute Gasteiger partial charge is 0.276 e. The highest BCUT2D eigenvalue weighted by atomic mass is 32.1. The molecule has 0 aliphatic rings. The third-order valence-electron chi connectivity index (χ3n) is 5.97. The highest BCUT2D eigenvalue weighted by molar-refractivity contribution is 7.26. The van der Waals surface area contributed by atoms with E-state index in [1.54, 1.807) is 33.3 Å². The molecular formula is C22H8N6O2S. The van der Waals surface area contributed by atoms with Crippen molar-refractivity contribution in [3.05, 3.63) is 69.5 Å². The monoisotopic (exact) mass is 420 g/mol. The summed E-state index contributed by atoms with van der Waals surface area (Å²) in [5.74, 6) is 0. The fourth-order valence-electron chi connectivity index (χ4n) is 4.72. The van der Waals surface area contributed by atoms with Crippen LogP contribution in [0.25, 0.3) is 64.6 Å². The number of imidazole rings is 2. The molecule has 0 bridgehead atoms. The smallest absolute Gasteiger partial charge is 0.268 e. The summed E-state index contributed by atoms with van der Waals surface area (Å²) in [6, 6.07) is 10.9. The lowest BCUT2D eigenvalue weighted by Gasteiger charge is -2.04. The van der Waals surface area contributed by atoms with Gasteiger partial charge in [0, 0.05) is 33.9 Å². The van der Waals surface area contributed by atoms with Crippen LogP contribution in [0.15, 0.2) is 58.4 Å². The second kappa shape index (κ2) is 4.90. The normalized spacial score (nSPS) is 12.8. The van der Waals surface area contributed by atoms with Crippen molar-refractivity contribution in [2.45, 2.75) is 0 Å². The van der Waals surface area contributed by atoms with Crippen molar-refractivity contribution >= 4 is 75.9 Å². The molecule has 0 aliphatic carbocycles.